The topological polar surface area (TPSA) is 64.3 Å². The summed E-state index contributed by atoms with van der Waals surface area (Å²) < 4.78 is 3.80. The van der Waals surface area contributed by atoms with E-state index in [0.29, 0.717) is 4.77 Å². The second-order valence-corrected chi connectivity index (χ2v) is 3.27. The van der Waals surface area contributed by atoms with Crippen LogP contribution in [0.25, 0.3) is 5.69 Å². The molecule has 0 spiro atoms. The van der Waals surface area contributed by atoms with Gasteiger partial charge in [0.2, 0.25) is 4.77 Å². The van der Waals surface area contributed by atoms with Crippen molar-refractivity contribution in [3.05, 3.63) is 16.7 Å². The van der Waals surface area contributed by atoms with Gasteiger partial charge in [-0.3, -0.25) is 4.68 Å². The number of rotatable bonds is 2. The van der Waals surface area contributed by atoms with Crippen LogP contribution >= 0.6 is 12.2 Å². The molecule has 0 saturated carbocycles. The Kier molecular flexibility index (Phi) is 2.16. The Morgan fingerprint density at radius 3 is 2.93 bits per heavy atom. The largest absolute Gasteiger partial charge is 0.273 e. The smallest absolute Gasteiger partial charge is 0.243 e. The Hall–Kier alpha value is -1.50. The van der Waals surface area contributed by atoms with Crippen LogP contribution < -0.4 is 0 Å². The third-order valence-corrected chi connectivity index (χ3v) is 2.19. The summed E-state index contributed by atoms with van der Waals surface area (Å²) in [7, 11) is 1.87. The number of H-pyrrole nitrogens is 1. The Labute approximate surface area is 85.5 Å². The molecule has 0 atom stereocenters. The van der Waals surface area contributed by atoms with Gasteiger partial charge in [-0.2, -0.15) is 10.3 Å². The second kappa shape index (κ2) is 3.33. The molecule has 14 heavy (non-hydrogen) atoms. The maximum absolute atomic E-state index is 5.01. The highest BCUT2D eigenvalue weighted by Crippen LogP contribution is 2.11. The van der Waals surface area contributed by atoms with Gasteiger partial charge in [0.25, 0.3) is 0 Å². The first-order valence-corrected chi connectivity index (χ1v) is 4.66. The van der Waals surface area contributed by atoms with Gasteiger partial charge in [-0.15, -0.1) is 0 Å². The summed E-state index contributed by atoms with van der Waals surface area (Å²) in [5.74, 6) is 0. The normalized spacial score (nSPS) is 10.7. The Bertz CT molecular complexity index is 492. The quantitative estimate of drug-likeness (QED) is 0.738. The van der Waals surface area contributed by atoms with Gasteiger partial charge in [-0.25, -0.2) is 4.68 Å². The highest BCUT2D eigenvalue weighted by atomic mass is 32.1. The van der Waals surface area contributed by atoms with Crippen molar-refractivity contribution in [1.29, 1.82) is 0 Å². The predicted octanol–water partition coefficient (Wildman–Crippen LogP) is 0.621. The van der Waals surface area contributed by atoms with Crippen molar-refractivity contribution in [3.63, 3.8) is 0 Å². The van der Waals surface area contributed by atoms with Crippen molar-refractivity contribution >= 4 is 12.2 Å². The Balaban J connectivity index is 2.61. The van der Waals surface area contributed by atoms with Crippen molar-refractivity contribution in [2.75, 3.05) is 0 Å². The number of aromatic amines is 1. The van der Waals surface area contributed by atoms with Gasteiger partial charge >= 0.3 is 0 Å². The van der Waals surface area contributed by atoms with Crippen LogP contribution in [0.5, 0.6) is 0 Å². The molecule has 0 amide bonds. The van der Waals surface area contributed by atoms with E-state index in [0.717, 1.165) is 17.8 Å². The summed E-state index contributed by atoms with van der Waals surface area (Å²) in [6, 6.07) is 0. The SMILES string of the molecule is CCc1nn(C)cc1-n1[nH]nnc1=S. The molecule has 2 rings (SSSR count). The number of nitrogens with one attached hydrogen (secondary N) is 1. The molecule has 1 N–H and O–H groups in total. The van der Waals surface area contributed by atoms with Crippen LogP contribution in [0.2, 0.25) is 0 Å². The first kappa shape index (κ1) is 9.07. The van der Waals surface area contributed by atoms with Gasteiger partial charge < -0.3 is 0 Å². The maximum atomic E-state index is 5.01. The standard InChI is InChI=1S/C7H10N6S/c1-3-5-6(4-12(2)9-5)13-7(14)8-10-11-13/h4H,3H2,1-2H3,(H,8,11,14). The van der Waals surface area contributed by atoms with Crippen molar-refractivity contribution in [1.82, 2.24) is 30.0 Å². The molecular weight excluding hydrogens is 200 g/mol. The van der Waals surface area contributed by atoms with E-state index in [1.54, 1.807) is 9.36 Å². The van der Waals surface area contributed by atoms with Crippen molar-refractivity contribution in [2.45, 2.75) is 13.3 Å². The van der Waals surface area contributed by atoms with Gasteiger partial charge in [0.05, 0.1) is 11.9 Å². The molecule has 0 aromatic carbocycles. The minimum atomic E-state index is 0.410. The molecule has 74 valence electrons. The van der Waals surface area contributed by atoms with E-state index in [4.69, 9.17) is 12.2 Å². The lowest BCUT2D eigenvalue weighted by Gasteiger charge is -1.97. The number of hydrogen-bond acceptors (Lipinski definition) is 4. The molecule has 0 aliphatic heterocycles. The average molecular weight is 210 g/mol. The van der Waals surface area contributed by atoms with E-state index in [2.05, 4.69) is 20.6 Å². The fourth-order valence-electron chi connectivity index (χ4n) is 1.31. The summed E-state index contributed by atoms with van der Waals surface area (Å²) >= 11 is 5.01. The molecule has 2 heterocycles. The summed E-state index contributed by atoms with van der Waals surface area (Å²) in [4.78, 5) is 0. The number of nitrogens with zero attached hydrogens (tertiary/aromatic N) is 5. The van der Waals surface area contributed by atoms with Crippen molar-refractivity contribution < 1.29 is 0 Å². The van der Waals surface area contributed by atoms with Gasteiger partial charge in [0.15, 0.2) is 0 Å². The van der Waals surface area contributed by atoms with E-state index in [-0.39, 0.29) is 0 Å². The molecule has 0 saturated heterocycles. The molecule has 0 radical (unpaired) electrons. The highest BCUT2D eigenvalue weighted by molar-refractivity contribution is 7.71. The predicted molar refractivity (Wildman–Crippen MR) is 52.7 cm³/mol. The van der Waals surface area contributed by atoms with E-state index in [1.807, 2.05) is 20.2 Å². The average Bonchev–Trinajstić information content (AvgIpc) is 2.71. The summed E-state index contributed by atoms with van der Waals surface area (Å²) in [6.07, 6.45) is 2.73. The van der Waals surface area contributed by atoms with Gasteiger partial charge in [-0.1, -0.05) is 17.2 Å². The molecule has 2 aromatic heterocycles. The van der Waals surface area contributed by atoms with Crippen molar-refractivity contribution in [2.24, 2.45) is 7.05 Å². The first-order valence-electron chi connectivity index (χ1n) is 4.25. The Morgan fingerprint density at radius 1 is 1.57 bits per heavy atom. The lowest BCUT2D eigenvalue weighted by atomic mass is 10.3. The van der Waals surface area contributed by atoms with Crippen LogP contribution in [-0.4, -0.2) is 30.0 Å². The van der Waals surface area contributed by atoms with Gasteiger partial charge in [0.1, 0.15) is 5.69 Å². The minimum absolute atomic E-state index is 0.410. The van der Waals surface area contributed by atoms with E-state index >= 15 is 0 Å². The molecule has 0 bridgehead atoms. The zero-order valence-electron chi connectivity index (χ0n) is 7.93. The molecule has 2 aromatic rings. The second-order valence-electron chi connectivity index (χ2n) is 2.91. The highest BCUT2D eigenvalue weighted by Gasteiger charge is 2.09. The monoisotopic (exact) mass is 210 g/mol. The molecule has 6 nitrogen and oxygen atoms in total. The van der Waals surface area contributed by atoms with E-state index in [9.17, 15) is 0 Å². The van der Waals surface area contributed by atoms with Crippen molar-refractivity contribution in [3.8, 4) is 5.69 Å². The summed E-state index contributed by atoms with van der Waals surface area (Å²) in [5.41, 5.74) is 1.87. The zero-order chi connectivity index (χ0) is 10.1. The van der Waals surface area contributed by atoms with E-state index in [1.165, 1.54) is 0 Å². The minimum Gasteiger partial charge on any atom is -0.273 e. The van der Waals surface area contributed by atoms with Crippen LogP contribution in [0, 0.1) is 4.77 Å². The maximum Gasteiger partial charge on any atom is 0.243 e. The van der Waals surface area contributed by atoms with Crippen LogP contribution in [0.4, 0.5) is 0 Å². The lowest BCUT2D eigenvalue weighted by molar-refractivity contribution is 0.746. The number of aryl methyl sites for hydroxylation is 2. The molecule has 0 unspecified atom stereocenters. The summed E-state index contributed by atoms with van der Waals surface area (Å²) in [5, 5.41) is 14.4. The van der Waals surface area contributed by atoms with Crippen LogP contribution in [0.3, 0.4) is 0 Å². The third kappa shape index (κ3) is 1.35. The zero-order valence-corrected chi connectivity index (χ0v) is 8.75. The Morgan fingerprint density at radius 2 is 2.36 bits per heavy atom. The van der Waals surface area contributed by atoms with Crippen LogP contribution in [-0.2, 0) is 13.5 Å². The number of hydrogen-bond donors (Lipinski definition) is 1. The third-order valence-electron chi connectivity index (χ3n) is 1.93. The van der Waals surface area contributed by atoms with Crippen LogP contribution in [0.1, 0.15) is 12.6 Å². The molecule has 0 fully saturated rings. The molecule has 0 aliphatic carbocycles. The number of aromatic nitrogens is 6. The molecule has 7 heteroatoms. The molecule has 0 aliphatic rings. The summed E-state index contributed by atoms with van der Waals surface area (Å²) in [6.45, 7) is 2.04. The first-order chi connectivity index (χ1) is 6.72. The van der Waals surface area contributed by atoms with E-state index < -0.39 is 0 Å². The lowest BCUT2D eigenvalue weighted by Crippen LogP contribution is -1.98. The van der Waals surface area contributed by atoms with Gasteiger partial charge in [-0.05, 0) is 18.6 Å². The number of tetrazole rings is 1. The van der Waals surface area contributed by atoms with Crippen LogP contribution in [0.15, 0.2) is 6.20 Å². The molecular formula is C7H10N6S. The fourth-order valence-corrected chi connectivity index (χ4v) is 1.49. The van der Waals surface area contributed by atoms with Gasteiger partial charge in [0, 0.05) is 7.05 Å². The fraction of sp³-hybridized carbons (Fsp3) is 0.429.